The third-order valence-electron chi connectivity index (χ3n) is 2.90. The smallest absolute Gasteiger partial charge is 0.0445 e. The Labute approximate surface area is 80.7 Å². The monoisotopic (exact) mass is 186 g/mol. The number of nitrogens with two attached hydrogens (primary N) is 1. The maximum absolute atomic E-state index is 8.79. The first kappa shape index (κ1) is 11.0. The Morgan fingerprint density at radius 3 is 3.00 bits per heavy atom. The molecule has 4 N–H and O–H groups in total. The van der Waals surface area contributed by atoms with Crippen molar-refractivity contribution in [2.45, 2.75) is 38.1 Å². The minimum atomic E-state index is 0.176. The summed E-state index contributed by atoms with van der Waals surface area (Å²) < 4.78 is 0. The van der Waals surface area contributed by atoms with Crippen molar-refractivity contribution in [1.82, 2.24) is 5.32 Å². The standard InChI is InChI=1S/C10H22N2O/c11-10(5-7-13)9-4-2-1-3-6-12-8-9/h9-10,12-13H,1-8,11H2. The molecular formula is C10H22N2O. The first-order chi connectivity index (χ1) is 6.34. The quantitative estimate of drug-likeness (QED) is 0.601. The predicted molar refractivity (Wildman–Crippen MR) is 54.5 cm³/mol. The zero-order valence-electron chi connectivity index (χ0n) is 8.34. The van der Waals surface area contributed by atoms with Crippen molar-refractivity contribution in [3.63, 3.8) is 0 Å². The topological polar surface area (TPSA) is 58.3 Å². The summed E-state index contributed by atoms with van der Waals surface area (Å²) in [5, 5.41) is 12.2. The molecule has 1 fully saturated rings. The summed E-state index contributed by atoms with van der Waals surface area (Å²) >= 11 is 0. The average Bonchev–Trinajstić information content (AvgIpc) is 2.03. The lowest BCUT2D eigenvalue weighted by molar-refractivity contribution is 0.242. The van der Waals surface area contributed by atoms with Gasteiger partial charge in [0.05, 0.1) is 0 Å². The molecule has 2 atom stereocenters. The van der Waals surface area contributed by atoms with Gasteiger partial charge in [0.2, 0.25) is 0 Å². The SMILES string of the molecule is NC(CCO)C1CCCCCNC1. The molecule has 0 bridgehead atoms. The summed E-state index contributed by atoms with van der Waals surface area (Å²) in [6.07, 6.45) is 5.86. The van der Waals surface area contributed by atoms with E-state index < -0.39 is 0 Å². The Morgan fingerprint density at radius 2 is 2.23 bits per heavy atom. The average molecular weight is 186 g/mol. The van der Waals surface area contributed by atoms with E-state index in [4.69, 9.17) is 10.8 Å². The van der Waals surface area contributed by atoms with E-state index in [2.05, 4.69) is 5.32 Å². The number of hydrogen-bond acceptors (Lipinski definition) is 3. The fourth-order valence-electron chi connectivity index (χ4n) is 1.97. The molecule has 0 aromatic carbocycles. The summed E-state index contributed by atoms with van der Waals surface area (Å²) in [6, 6.07) is 0.176. The Kier molecular flexibility index (Phi) is 5.35. The fraction of sp³-hybridized carbons (Fsp3) is 1.00. The van der Waals surface area contributed by atoms with Crippen molar-refractivity contribution in [2.24, 2.45) is 11.7 Å². The lowest BCUT2D eigenvalue weighted by Crippen LogP contribution is -2.39. The molecule has 1 saturated heterocycles. The fourth-order valence-corrected chi connectivity index (χ4v) is 1.97. The van der Waals surface area contributed by atoms with Crippen LogP contribution in [0.2, 0.25) is 0 Å². The van der Waals surface area contributed by atoms with Gasteiger partial charge in [-0.25, -0.2) is 0 Å². The van der Waals surface area contributed by atoms with Crippen molar-refractivity contribution in [3.05, 3.63) is 0 Å². The van der Waals surface area contributed by atoms with Crippen molar-refractivity contribution >= 4 is 0 Å². The van der Waals surface area contributed by atoms with Crippen LogP contribution in [-0.4, -0.2) is 30.8 Å². The van der Waals surface area contributed by atoms with Crippen LogP contribution in [0.3, 0.4) is 0 Å². The number of hydrogen-bond donors (Lipinski definition) is 3. The van der Waals surface area contributed by atoms with Crippen LogP contribution in [0.5, 0.6) is 0 Å². The van der Waals surface area contributed by atoms with Gasteiger partial charge in [0.25, 0.3) is 0 Å². The second-order valence-electron chi connectivity index (χ2n) is 3.99. The third-order valence-corrected chi connectivity index (χ3v) is 2.90. The summed E-state index contributed by atoms with van der Waals surface area (Å²) in [4.78, 5) is 0. The van der Waals surface area contributed by atoms with Crippen molar-refractivity contribution < 1.29 is 5.11 Å². The van der Waals surface area contributed by atoms with Crippen LogP contribution in [0.1, 0.15) is 32.1 Å². The molecule has 1 rings (SSSR count). The normalized spacial score (nSPS) is 27.7. The highest BCUT2D eigenvalue weighted by Crippen LogP contribution is 2.16. The maximum Gasteiger partial charge on any atom is 0.0445 e. The molecule has 2 unspecified atom stereocenters. The molecule has 0 spiro atoms. The Bertz CT molecular complexity index is 122. The van der Waals surface area contributed by atoms with Crippen molar-refractivity contribution in [2.75, 3.05) is 19.7 Å². The minimum absolute atomic E-state index is 0.176. The van der Waals surface area contributed by atoms with Gasteiger partial charge in [0, 0.05) is 12.6 Å². The van der Waals surface area contributed by atoms with Gasteiger partial charge >= 0.3 is 0 Å². The third kappa shape index (κ3) is 4.07. The van der Waals surface area contributed by atoms with Gasteiger partial charge in [-0.3, -0.25) is 0 Å². The molecule has 0 aromatic heterocycles. The summed E-state index contributed by atoms with van der Waals surface area (Å²) in [5.41, 5.74) is 5.98. The summed E-state index contributed by atoms with van der Waals surface area (Å²) in [7, 11) is 0. The molecule has 1 heterocycles. The molecule has 0 saturated carbocycles. The van der Waals surface area contributed by atoms with Crippen molar-refractivity contribution in [3.8, 4) is 0 Å². The van der Waals surface area contributed by atoms with Crippen LogP contribution < -0.4 is 11.1 Å². The zero-order chi connectivity index (χ0) is 9.52. The first-order valence-electron chi connectivity index (χ1n) is 5.41. The van der Waals surface area contributed by atoms with Crippen LogP contribution >= 0.6 is 0 Å². The second-order valence-corrected chi connectivity index (χ2v) is 3.99. The Hall–Kier alpha value is -0.120. The van der Waals surface area contributed by atoms with E-state index in [1.807, 2.05) is 0 Å². The van der Waals surface area contributed by atoms with Crippen LogP contribution in [-0.2, 0) is 0 Å². The molecular weight excluding hydrogens is 164 g/mol. The van der Waals surface area contributed by atoms with Crippen molar-refractivity contribution in [1.29, 1.82) is 0 Å². The van der Waals surface area contributed by atoms with Gasteiger partial charge in [0.1, 0.15) is 0 Å². The Morgan fingerprint density at radius 1 is 1.38 bits per heavy atom. The van der Waals surface area contributed by atoms with Crippen LogP contribution in [0.15, 0.2) is 0 Å². The largest absolute Gasteiger partial charge is 0.396 e. The van der Waals surface area contributed by atoms with Gasteiger partial charge in [-0.1, -0.05) is 12.8 Å². The van der Waals surface area contributed by atoms with Gasteiger partial charge in [-0.05, 0) is 38.3 Å². The highest BCUT2D eigenvalue weighted by molar-refractivity contribution is 4.76. The van der Waals surface area contributed by atoms with Gasteiger partial charge in [0.15, 0.2) is 0 Å². The number of rotatable bonds is 3. The zero-order valence-corrected chi connectivity index (χ0v) is 8.34. The molecule has 3 nitrogen and oxygen atoms in total. The summed E-state index contributed by atoms with van der Waals surface area (Å²) in [6.45, 7) is 2.38. The first-order valence-corrected chi connectivity index (χ1v) is 5.41. The molecule has 1 aliphatic rings. The van der Waals surface area contributed by atoms with E-state index in [1.165, 1.54) is 25.7 Å². The molecule has 0 amide bonds. The molecule has 0 aliphatic carbocycles. The molecule has 13 heavy (non-hydrogen) atoms. The van der Waals surface area contributed by atoms with E-state index >= 15 is 0 Å². The van der Waals surface area contributed by atoms with E-state index in [9.17, 15) is 0 Å². The molecule has 0 radical (unpaired) electrons. The maximum atomic E-state index is 8.79. The predicted octanol–water partition coefficient (Wildman–Crippen LogP) is 0.476. The molecule has 0 aromatic rings. The number of aliphatic hydroxyl groups excluding tert-OH is 1. The van der Waals surface area contributed by atoms with Crippen LogP contribution in [0.25, 0.3) is 0 Å². The van der Waals surface area contributed by atoms with Crippen LogP contribution in [0, 0.1) is 5.92 Å². The second kappa shape index (κ2) is 6.35. The molecule has 1 aliphatic heterocycles. The highest BCUT2D eigenvalue weighted by atomic mass is 16.3. The summed E-state index contributed by atoms with van der Waals surface area (Å²) in [5.74, 6) is 0.562. The van der Waals surface area contributed by atoms with Crippen LogP contribution in [0.4, 0.5) is 0 Å². The van der Waals surface area contributed by atoms with E-state index in [1.54, 1.807) is 0 Å². The number of aliphatic hydroxyl groups is 1. The van der Waals surface area contributed by atoms with E-state index in [-0.39, 0.29) is 12.6 Å². The van der Waals surface area contributed by atoms with Gasteiger partial charge in [-0.15, -0.1) is 0 Å². The van der Waals surface area contributed by atoms with Gasteiger partial charge < -0.3 is 16.2 Å². The molecule has 78 valence electrons. The lowest BCUT2D eigenvalue weighted by Gasteiger charge is -2.25. The highest BCUT2D eigenvalue weighted by Gasteiger charge is 2.17. The van der Waals surface area contributed by atoms with E-state index in [0.717, 1.165) is 19.5 Å². The van der Waals surface area contributed by atoms with E-state index in [0.29, 0.717) is 5.92 Å². The number of nitrogens with one attached hydrogen (secondary N) is 1. The lowest BCUT2D eigenvalue weighted by atomic mass is 9.91. The molecule has 3 heteroatoms. The Balaban J connectivity index is 2.27. The minimum Gasteiger partial charge on any atom is -0.396 e. The van der Waals surface area contributed by atoms with Gasteiger partial charge in [-0.2, -0.15) is 0 Å².